The van der Waals surface area contributed by atoms with Crippen molar-refractivity contribution in [2.24, 2.45) is 0 Å². The van der Waals surface area contributed by atoms with E-state index in [9.17, 15) is 9.90 Å². The van der Waals surface area contributed by atoms with Crippen molar-refractivity contribution in [2.45, 2.75) is 59.5 Å². The fourth-order valence-electron chi connectivity index (χ4n) is 4.21. The number of ether oxygens (including phenoxy) is 2. The Hall–Kier alpha value is -3.37. The Balaban J connectivity index is 1.87. The maximum Gasteiger partial charge on any atom is 0.333 e. The molecular weight excluding hydrogens is 448 g/mol. The number of aliphatic hydroxyl groups is 1. The third-order valence-electron chi connectivity index (χ3n) is 6.27. The second-order valence-electron chi connectivity index (χ2n) is 9.13. The first kappa shape index (κ1) is 27.2. The zero-order chi connectivity index (χ0) is 25.9. The molecule has 0 aromatic heterocycles. The number of rotatable bonds is 13. The van der Waals surface area contributed by atoms with Crippen LogP contribution in [0.2, 0.25) is 0 Å². The SMILES string of the molecule is C=C(C)C(=O)OCc1cc(-c2ccc(-c3ccc(CCCCC)cc3)cc2CC)ccc1OCCO. The molecule has 0 radical (unpaired) electrons. The van der Waals surface area contributed by atoms with Crippen LogP contribution in [0.15, 0.2) is 72.8 Å². The molecule has 0 spiro atoms. The normalized spacial score (nSPS) is 10.8. The molecule has 4 nitrogen and oxygen atoms in total. The van der Waals surface area contributed by atoms with Crippen LogP contribution in [0, 0.1) is 0 Å². The molecule has 36 heavy (non-hydrogen) atoms. The standard InChI is InChI=1S/C32H38O4/c1-5-7-8-9-24-10-12-26(13-11-24)27-14-16-30(25(6-2)20-27)28-15-17-31(35-19-18-33)29(21-28)22-36-32(34)23(3)4/h10-17,20-21,33H,3,5-9,18-19,22H2,1-2,4H3. The Morgan fingerprint density at radius 1 is 0.889 bits per heavy atom. The molecule has 0 bridgehead atoms. The quantitative estimate of drug-likeness (QED) is 0.156. The monoisotopic (exact) mass is 486 g/mol. The molecule has 0 aliphatic carbocycles. The van der Waals surface area contributed by atoms with Crippen LogP contribution in [0.5, 0.6) is 5.75 Å². The van der Waals surface area contributed by atoms with Gasteiger partial charge >= 0.3 is 5.97 Å². The Bertz CT molecular complexity index is 1160. The number of carbonyl (C=O) groups excluding carboxylic acids is 1. The minimum Gasteiger partial charge on any atom is -0.491 e. The maximum absolute atomic E-state index is 12.0. The van der Waals surface area contributed by atoms with Gasteiger partial charge in [0.05, 0.1) is 6.61 Å². The van der Waals surface area contributed by atoms with Crippen LogP contribution in [0.25, 0.3) is 22.3 Å². The molecule has 0 aliphatic heterocycles. The summed E-state index contributed by atoms with van der Waals surface area (Å²) < 4.78 is 11.1. The molecule has 0 aliphatic rings. The zero-order valence-electron chi connectivity index (χ0n) is 21.8. The smallest absolute Gasteiger partial charge is 0.333 e. The molecule has 0 unspecified atom stereocenters. The summed E-state index contributed by atoms with van der Waals surface area (Å²) in [5.74, 6) is 0.152. The van der Waals surface area contributed by atoms with E-state index < -0.39 is 5.97 Å². The first-order valence-corrected chi connectivity index (χ1v) is 12.9. The maximum atomic E-state index is 12.0. The van der Waals surface area contributed by atoms with Crippen LogP contribution in [0.3, 0.4) is 0 Å². The van der Waals surface area contributed by atoms with E-state index in [1.165, 1.54) is 41.5 Å². The molecule has 0 atom stereocenters. The van der Waals surface area contributed by atoms with Crippen LogP contribution >= 0.6 is 0 Å². The number of hydrogen-bond donors (Lipinski definition) is 1. The molecule has 1 N–H and O–H groups in total. The number of benzene rings is 3. The fraction of sp³-hybridized carbons (Fsp3) is 0.344. The van der Waals surface area contributed by atoms with E-state index in [1.807, 2.05) is 18.2 Å². The summed E-state index contributed by atoms with van der Waals surface area (Å²) >= 11 is 0. The lowest BCUT2D eigenvalue weighted by Gasteiger charge is -2.16. The highest BCUT2D eigenvalue weighted by atomic mass is 16.5. The van der Waals surface area contributed by atoms with Gasteiger partial charge in [-0.3, -0.25) is 0 Å². The molecule has 0 saturated heterocycles. The second-order valence-corrected chi connectivity index (χ2v) is 9.13. The summed E-state index contributed by atoms with van der Waals surface area (Å²) in [5.41, 5.74) is 8.32. The molecule has 190 valence electrons. The van der Waals surface area contributed by atoms with Crippen LogP contribution < -0.4 is 4.74 Å². The number of aryl methyl sites for hydroxylation is 2. The van der Waals surface area contributed by atoms with E-state index in [4.69, 9.17) is 9.47 Å². The summed E-state index contributed by atoms with van der Waals surface area (Å²) in [7, 11) is 0. The van der Waals surface area contributed by atoms with Crippen molar-refractivity contribution >= 4 is 5.97 Å². The molecule has 0 amide bonds. The first-order valence-electron chi connectivity index (χ1n) is 12.9. The van der Waals surface area contributed by atoms with Gasteiger partial charge in [0.1, 0.15) is 19.0 Å². The van der Waals surface area contributed by atoms with Crippen molar-refractivity contribution in [1.29, 1.82) is 0 Å². The molecule has 0 heterocycles. The highest BCUT2D eigenvalue weighted by Crippen LogP contribution is 2.33. The van der Waals surface area contributed by atoms with Gasteiger partial charge in [-0.2, -0.15) is 0 Å². The molecule has 3 rings (SSSR count). The predicted octanol–water partition coefficient (Wildman–Crippen LogP) is 7.31. The average molecular weight is 487 g/mol. The Labute approximate surface area is 215 Å². The van der Waals surface area contributed by atoms with E-state index in [2.05, 4.69) is 62.9 Å². The lowest BCUT2D eigenvalue weighted by atomic mass is 9.92. The molecule has 0 fully saturated rings. The van der Waals surface area contributed by atoms with E-state index in [1.54, 1.807) is 6.92 Å². The number of hydrogen-bond acceptors (Lipinski definition) is 4. The van der Waals surface area contributed by atoms with Crippen molar-refractivity contribution < 1.29 is 19.4 Å². The summed E-state index contributed by atoms with van der Waals surface area (Å²) in [6.45, 7) is 9.82. The van der Waals surface area contributed by atoms with Crippen LogP contribution in [0.4, 0.5) is 0 Å². The average Bonchev–Trinajstić information content (AvgIpc) is 2.90. The Kier molecular flexibility index (Phi) is 10.3. The first-order chi connectivity index (χ1) is 17.5. The predicted molar refractivity (Wildman–Crippen MR) is 147 cm³/mol. The third kappa shape index (κ3) is 7.32. The third-order valence-corrected chi connectivity index (χ3v) is 6.27. The van der Waals surface area contributed by atoms with Crippen molar-refractivity contribution in [1.82, 2.24) is 0 Å². The molecule has 4 heteroatoms. The van der Waals surface area contributed by atoms with Gasteiger partial charge < -0.3 is 14.6 Å². The number of aliphatic hydroxyl groups excluding tert-OH is 1. The van der Waals surface area contributed by atoms with Gasteiger partial charge in [0, 0.05) is 11.1 Å². The summed E-state index contributed by atoms with van der Waals surface area (Å²) in [6.07, 6.45) is 5.78. The highest BCUT2D eigenvalue weighted by molar-refractivity contribution is 5.87. The van der Waals surface area contributed by atoms with Gasteiger partial charge in [0.25, 0.3) is 0 Å². The van der Waals surface area contributed by atoms with Gasteiger partial charge in [-0.05, 0) is 71.7 Å². The number of esters is 1. The minimum absolute atomic E-state index is 0.0739. The van der Waals surface area contributed by atoms with Gasteiger partial charge in [-0.1, -0.05) is 81.8 Å². The lowest BCUT2D eigenvalue weighted by Crippen LogP contribution is -2.08. The van der Waals surface area contributed by atoms with Crippen molar-refractivity contribution in [3.05, 3.63) is 89.5 Å². The molecular formula is C32H38O4. The summed E-state index contributed by atoms with van der Waals surface area (Å²) in [6, 6.07) is 21.4. The molecule has 0 saturated carbocycles. The minimum atomic E-state index is -0.441. The fourth-order valence-corrected chi connectivity index (χ4v) is 4.21. The van der Waals surface area contributed by atoms with Gasteiger partial charge in [0.15, 0.2) is 0 Å². The number of carbonyl (C=O) groups is 1. The van der Waals surface area contributed by atoms with E-state index in [0.29, 0.717) is 11.3 Å². The van der Waals surface area contributed by atoms with Gasteiger partial charge in [0.2, 0.25) is 0 Å². The molecule has 3 aromatic carbocycles. The van der Waals surface area contributed by atoms with Gasteiger partial charge in [-0.15, -0.1) is 0 Å². The second kappa shape index (κ2) is 13.6. The lowest BCUT2D eigenvalue weighted by molar-refractivity contribution is -0.140. The number of unbranched alkanes of at least 4 members (excludes halogenated alkanes) is 2. The van der Waals surface area contributed by atoms with Crippen LogP contribution in [-0.2, 0) is 29.0 Å². The van der Waals surface area contributed by atoms with Crippen LogP contribution in [-0.4, -0.2) is 24.3 Å². The van der Waals surface area contributed by atoms with Crippen molar-refractivity contribution in [3.63, 3.8) is 0 Å². The molecule has 3 aromatic rings. The van der Waals surface area contributed by atoms with E-state index in [-0.39, 0.29) is 19.8 Å². The Morgan fingerprint density at radius 3 is 2.25 bits per heavy atom. The van der Waals surface area contributed by atoms with Gasteiger partial charge in [-0.25, -0.2) is 4.79 Å². The summed E-state index contributed by atoms with van der Waals surface area (Å²) in [4.78, 5) is 12.0. The highest BCUT2D eigenvalue weighted by Gasteiger charge is 2.13. The topological polar surface area (TPSA) is 55.8 Å². The van der Waals surface area contributed by atoms with Crippen molar-refractivity contribution in [2.75, 3.05) is 13.2 Å². The summed E-state index contributed by atoms with van der Waals surface area (Å²) in [5, 5.41) is 9.17. The zero-order valence-corrected chi connectivity index (χ0v) is 21.8. The van der Waals surface area contributed by atoms with Crippen LogP contribution in [0.1, 0.15) is 56.7 Å². The van der Waals surface area contributed by atoms with E-state index >= 15 is 0 Å². The van der Waals surface area contributed by atoms with E-state index in [0.717, 1.165) is 29.5 Å². The van der Waals surface area contributed by atoms with Crippen molar-refractivity contribution in [3.8, 4) is 28.0 Å². The Morgan fingerprint density at radius 2 is 1.58 bits per heavy atom. The largest absolute Gasteiger partial charge is 0.491 e.